The average Bonchev–Trinajstić information content (AvgIpc) is 3.24. The number of rotatable bonds is 7. The predicted molar refractivity (Wildman–Crippen MR) is 94.1 cm³/mol. The summed E-state index contributed by atoms with van der Waals surface area (Å²) in [5.41, 5.74) is 1.91. The number of halogens is 1. The molecule has 6 nitrogen and oxygen atoms in total. The van der Waals surface area contributed by atoms with Crippen LogP contribution in [0.1, 0.15) is 24.8 Å². The maximum absolute atomic E-state index is 14.2. The van der Waals surface area contributed by atoms with Crippen molar-refractivity contribution in [3.63, 3.8) is 0 Å². The van der Waals surface area contributed by atoms with Crippen LogP contribution in [0, 0.1) is 12.7 Å². The third-order valence-electron chi connectivity index (χ3n) is 4.13. The standard InChI is InChI=1S/C18H23FN4O2/c1-13-10-21-23(12-13)7-6-18(24)22-14-4-5-17(16(19)9-14)20-11-15-3-2-8-25-15/h4-5,9-10,12,15,20H,2-3,6-8,11H2,1H3,(H,22,24)/t15-/m0/s1. The van der Waals surface area contributed by atoms with E-state index in [4.69, 9.17) is 4.74 Å². The number of benzene rings is 1. The largest absolute Gasteiger partial charge is 0.380 e. The Morgan fingerprint density at radius 2 is 2.36 bits per heavy atom. The second-order valence-electron chi connectivity index (χ2n) is 6.29. The van der Waals surface area contributed by atoms with E-state index in [1.165, 1.54) is 6.07 Å². The van der Waals surface area contributed by atoms with Gasteiger partial charge in [-0.15, -0.1) is 0 Å². The van der Waals surface area contributed by atoms with Gasteiger partial charge >= 0.3 is 0 Å². The summed E-state index contributed by atoms with van der Waals surface area (Å²) < 4.78 is 21.4. The molecular formula is C18H23FN4O2. The second-order valence-corrected chi connectivity index (χ2v) is 6.29. The van der Waals surface area contributed by atoms with Crippen LogP contribution in [0.25, 0.3) is 0 Å². The highest BCUT2D eigenvalue weighted by atomic mass is 19.1. The highest BCUT2D eigenvalue weighted by Crippen LogP contribution is 2.20. The minimum Gasteiger partial charge on any atom is -0.380 e. The molecule has 1 atom stereocenters. The van der Waals surface area contributed by atoms with Crippen LogP contribution in [-0.4, -0.2) is 34.9 Å². The molecule has 0 radical (unpaired) electrons. The van der Waals surface area contributed by atoms with Crippen molar-refractivity contribution >= 4 is 17.3 Å². The first-order chi connectivity index (χ1) is 12.1. The molecule has 3 rings (SSSR count). The number of aromatic nitrogens is 2. The maximum atomic E-state index is 14.2. The van der Waals surface area contributed by atoms with Crippen molar-refractivity contribution in [2.75, 3.05) is 23.8 Å². The summed E-state index contributed by atoms with van der Waals surface area (Å²) in [7, 11) is 0. The topological polar surface area (TPSA) is 68.2 Å². The fourth-order valence-corrected chi connectivity index (χ4v) is 2.79. The second kappa shape index (κ2) is 8.11. The van der Waals surface area contributed by atoms with E-state index in [9.17, 15) is 9.18 Å². The van der Waals surface area contributed by atoms with Gasteiger partial charge < -0.3 is 15.4 Å². The number of ether oxygens (including phenoxy) is 1. The lowest BCUT2D eigenvalue weighted by atomic mass is 10.2. The number of carbonyl (C=O) groups excluding carboxylic acids is 1. The van der Waals surface area contributed by atoms with Crippen LogP contribution in [-0.2, 0) is 16.1 Å². The number of nitrogens with zero attached hydrogens (tertiary/aromatic N) is 2. The van der Waals surface area contributed by atoms with Crippen molar-refractivity contribution in [2.45, 2.75) is 38.8 Å². The van der Waals surface area contributed by atoms with E-state index in [0.717, 1.165) is 25.0 Å². The smallest absolute Gasteiger partial charge is 0.226 e. The maximum Gasteiger partial charge on any atom is 0.226 e. The molecule has 1 aliphatic rings. The minimum absolute atomic E-state index is 0.143. The molecule has 1 aromatic heterocycles. The molecule has 1 fully saturated rings. The van der Waals surface area contributed by atoms with E-state index in [1.54, 1.807) is 23.0 Å². The van der Waals surface area contributed by atoms with Crippen LogP contribution >= 0.6 is 0 Å². The van der Waals surface area contributed by atoms with Gasteiger partial charge in [-0.2, -0.15) is 5.10 Å². The Bertz CT molecular complexity index is 726. The van der Waals surface area contributed by atoms with Gasteiger partial charge in [-0.25, -0.2) is 4.39 Å². The Morgan fingerprint density at radius 3 is 3.04 bits per heavy atom. The Balaban J connectivity index is 1.48. The zero-order valence-corrected chi connectivity index (χ0v) is 14.3. The lowest BCUT2D eigenvalue weighted by molar-refractivity contribution is -0.116. The normalized spacial score (nSPS) is 16.8. The summed E-state index contributed by atoms with van der Waals surface area (Å²) in [5.74, 6) is -0.564. The molecule has 0 aliphatic carbocycles. The Kier molecular flexibility index (Phi) is 5.65. The van der Waals surface area contributed by atoms with Crippen LogP contribution in [0.2, 0.25) is 0 Å². The fourth-order valence-electron chi connectivity index (χ4n) is 2.79. The van der Waals surface area contributed by atoms with Crippen molar-refractivity contribution in [1.82, 2.24) is 9.78 Å². The fraction of sp³-hybridized carbons (Fsp3) is 0.444. The van der Waals surface area contributed by atoms with Gasteiger partial charge in [0, 0.05) is 38.0 Å². The van der Waals surface area contributed by atoms with E-state index in [1.807, 2.05) is 13.1 Å². The SMILES string of the molecule is Cc1cnn(CCC(=O)Nc2ccc(NC[C@@H]3CCCO3)c(F)c2)c1. The minimum atomic E-state index is -0.390. The van der Waals surface area contributed by atoms with Crippen molar-refractivity contribution in [1.29, 1.82) is 0 Å². The van der Waals surface area contributed by atoms with Gasteiger partial charge in [0.1, 0.15) is 5.82 Å². The number of nitrogens with one attached hydrogen (secondary N) is 2. The quantitative estimate of drug-likeness (QED) is 0.809. The summed E-state index contributed by atoms with van der Waals surface area (Å²) in [6.07, 6.45) is 6.10. The number of carbonyl (C=O) groups is 1. The van der Waals surface area contributed by atoms with Crippen LogP contribution in [0.15, 0.2) is 30.6 Å². The number of hydrogen-bond donors (Lipinski definition) is 2. The first kappa shape index (κ1) is 17.4. The molecule has 1 saturated heterocycles. The molecule has 1 aliphatic heterocycles. The molecule has 1 amide bonds. The van der Waals surface area contributed by atoms with Crippen LogP contribution in [0.3, 0.4) is 0 Å². The monoisotopic (exact) mass is 346 g/mol. The molecular weight excluding hydrogens is 323 g/mol. The molecule has 25 heavy (non-hydrogen) atoms. The molecule has 0 spiro atoms. The molecule has 1 aromatic carbocycles. The third-order valence-corrected chi connectivity index (χ3v) is 4.13. The van der Waals surface area contributed by atoms with Gasteiger partial charge in [0.25, 0.3) is 0 Å². The van der Waals surface area contributed by atoms with E-state index >= 15 is 0 Å². The van der Waals surface area contributed by atoms with Gasteiger partial charge in [-0.05, 0) is 43.5 Å². The lowest BCUT2D eigenvalue weighted by Crippen LogP contribution is -2.19. The van der Waals surface area contributed by atoms with Crippen molar-refractivity contribution in [3.8, 4) is 0 Å². The third kappa shape index (κ3) is 5.03. The number of hydrogen-bond acceptors (Lipinski definition) is 4. The summed E-state index contributed by atoms with van der Waals surface area (Å²) in [4.78, 5) is 12.0. The molecule has 2 aromatic rings. The zero-order chi connectivity index (χ0) is 17.6. The first-order valence-corrected chi connectivity index (χ1v) is 8.54. The molecule has 134 valence electrons. The average molecular weight is 346 g/mol. The van der Waals surface area contributed by atoms with Crippen molar-refractivity contribution < 1.29 is 13.9 Å². The van der Waals surface area contributed by atoms with E-state index in [-0.39, 0.29) is 18.4 Å². The molecule has 0 bridgehead atoms. The van der Waals surface area contributed by atoms with Crippen LogP contribution in [0.5, 0.6) is 0 Å². The van der Waals surface area contributed by atoms with E-state index in [2.05, 4.69) is 15.7 Å². The molecule has 0 saturated carbocycles. The molecule has 2 N–H and O–H groups in total. The lowest BCUT2D eigenvalue weighted by Gasteiger charge is -2.13. The Hall–Kier alpha value is -2.41. The van der Waals surface area contributed by atoms with E-state index in [0.29, 0.717) is 24.5 Å². The highest BCUT2D eigenvalue weighted by molar-refractivity contribution is 5.90. The summed E-state index contributed by atoms with van der Waals surface area (Å²) in [6.45, 7) is 3.80. The van der Waals surface area contributed by atoms with Crippen molar-refractivity contribution in [3.05, 3.63) is 42.0 Å². The number of amides is 1. The van der Waals surface area contributed by atoms with Gasteiger partial charge in [0.15, 0.2) is 0 Å². The summed E-state index contributed by atoms with van der Waals surface area (Å²) in [6, 6.07) is 4.65. The first-order valence-electron chi connectivity index (χ1n) is 8.54. The summed E-state index contributed by atoms with van der Waals surface area (Å²) in [5, 5.41) is 9.90. The molecule has 7 heteroatoms. The van der Waals surface area contributed by atoms with Crippen LogP contribution < -0.4 is 10.6 Å². The number of aryl methyl sites for hydroxylation is 2. The van der Waals surface area contributed by atoms with Crippen LogP contribution in [0.4, 0.5) is 15.8 Å². The van der Waals surface area contributed by atoms with Gasteiger partial charge in [0.2, 0.25) is 5.91 Å². The van der Waals surface area contributed by atoms with Gasteiger partial charge in [0.05, 0.1) is 18.0 Å². The molecule has 2 heterocycles. The van der Waals surface area contributed by atoms with Crippen molar-refractivity contribution in [2.24, 2.45) is 0 Å². The van der Waals surface area contributed by atoms with E-state index < -0.39 is 5.82 Å². The number of anilines is 2. The van der Waals surface area contributed by atoms with Gasteiger partial charge in [-0.1, -0.05) is 0 Å². The summed E-state index contributed by atoms with van der Waals surface area (Å²) >= 11 is 0. The highest BCUT2D eigenvalue weighted by Gasteiger charge is 2.15. The van der Waals surface area contributed by atoms with Gasteiger partial charge in [-0.3, -0.25) is 9.48 Å². The molecule has 0 unspecified atom stereocenters. The Morgan fingerprint density at radius 1 is 1.48 bits per heavy atom. The zero-order valence-electron chi connectivity index (χ0n) is 14.3. The Labute approximate surface area is 146 Å². The predicted octanol–water partition coefficient (Wildman–Crippen LogP) is 2.95.